The second-order valence-corrected chi connectivity index (χ2v) is 10.7. The number of nitrogens with two attached hydrogens (primary N) is 1. The smallest absolute Gasteiger partial charge is 0.320 e. The van der Waals surface area contributed by atoms with Crippen molar-refractivity contribution in [3.05, 3.63) is 90.6 Å². The lowest BCUT2D eigenvalue weighted by atomic mass is 9.98. The fraction of sp³-hybridized carbons (Fsp3) is 0.250. The van der Waals surface area contributed by atoms with Crippen molar-refractivity contribution in [3.8, 4) is 28.3 Å². The molecule has 0 saturated carbocycles. The number of imidazole rings is 1. The molecule has 1 unspecified atom stereocenters. The van der Waals surface area contributed by atoms with E-state index >= 15 is 0 Å². The van der Waals surface area contributed by atoms with E-state index in [-0.39, 0.29) is 6.03 Å². The maximum atomic E-state index is 13.0. The molecular formula is C32H32N8O. The summed E-state index contributed by atoms with van der Waals surface area (Å²) >= 11 is 0. The van der Waals surface area contributed by atoms with Gasteiger partial charge >= 0.3 is 6.03 Å². The van der Waals surface area contributed by atoms with Crippen molar-refractivity contribution in [1.29, 1.82) is 0 Å². The van der Waals surface area contributed by atoms with Crippen molar-refractivity contribution in [2.75, 3.05) is 45.0 Å². The van der Waals surface area contributed by atoms with Gasteiger partial charge in [-0.15, -0.1) is 0 Å². The Bertz CT molecular complexity index is 1690. The van der Waals surface area contributed by atoms with Crippen LogP contribution in [0, 0.1) is 0 Å². The number of carbonyl (C=O) groups excluding carboxylic acids is 1. The molecule has 1 atom stereocenters. The topological polar surface area (TPSA) is 105 Å². The number of urea groups is 1. The predicted octanol–water partition coefficient (Wildman–Crippen LogP) is 4.55. The van der Waals surface area contributed by atoms with Gasteiger partial charge in [0.05, 0.1) is 11.3 Å². The van der Waals surface area contributed by atoms with Crippen molar-refractivity contribution in [2.45, 2.75) is 12.3 Å². The summed E-state index contributed by atoms with van der Waals surface area (Å²) in [6, 6.07) is 26.7. The van der Waals surface area contributed by atoms with Crippen LogP contribution < -0.4 is 11.1 Å². The lowest BCUT2D eigenvalue weighted by Crippen LogP contribution is -2.51. The Balaban J connectivity index is 1.23. The third-order valence-corrected chi connectivity index (χ3v) is 8.12. The molecule has 206 valence electrons. The summed E-state index contributed by atoms with van der Waals surface area (Å²) in [5, 5.41) is 3.32. The monoisotopic (exact) mass is 544 g/mol. The highest BCUT2D eigenvalue weighted by atomic mass is 16.2. The van der Waals surface area contributed by atoms with E-state index in [1.165, 1.54) is 5.56 Å². The van der Waals surface area contributed by atoms with Crippen LogP contribution in [0.4, 0.5) is 10.6 Å². The molecule has 0 bridgehead atoms. The molecule has 0 aliphatic carbocycles. The molecule has 3 aromatic heterocycles. The fourth-order valence-corrected chi connectivity index (χ4v) is 5.92. The summed E-state index contributed by atoms with van der Waals surface area (Å²) < 4.78 is 2.06. The average molecular weight is 545 g/mol. The number of anilines is 1. The van der Waals surface area contributed by atoms with Crippen molar-refractivity contribution in [3.63, 3.8) is 0 Å². The third kappa shape index (κ3) is 4.78. The number of nitrogen functional groups attached to an aromatic ring is 1. The Kier molecular flexibility index (Phi) is 6.56. The number of nitrogens with one attached hydrogen (secondary N) is 1. The number of likely N-dealkylation sites (tertiary alicyclic amines) is 1. The average Bonchev–Trinajstić information content (AvgIpc) is 3.67. The van der Waals surface area contributed by atoms with E-state index in [1.54, 1.807) is 6.20 Å². The molecule has 2 fully saturated rings. The highest BCUT2D eigenvalue weighted by molar-refractivity contribution is 5.84. The molecule has 7 rings (SSSR count). The molecule has 41 heavy (non-hydrogen) atoms. The second-order valence-electron chi connectivity index (χ2n) is 10.7. The number of amides is 2. The molecule has 5 aromatic rings. The zero-order valence-electron chi connectivity index (χ0n) is 22.8. The number of hydrogen-bond acceptors (Lipinski definition) is 6. The molecule has 9 nitrogen and oxygen atoms in total. The number of benzene rings is 2. The second kappa shape index (κ2) is 10.7. The summed E-state index contributed by atoms with van der Waals surface area (Å²) in [4.78, 5) is 31.3. The van der Waals surface area contributed by atoms with E-state index in [1.807, 2.05) is 52.3 Å². The molecule has 0 spiro atoms. The number of rotatable bonds is 4. The first-order valence-electron chi connectivity index (χ1n) is 14.2. The zero-order valence-corrected chi connectivity index (χ0v) is 22.8. The summed E-state index contributed by atoms with van der Waals surface area (Å²) in [5.41, 5.74) is 12.7. The van der Waals surface area contributed by atoms with Gasteiger partial charge in [-0.25, -0.2) is 19.7 Å². The molecule has 2 aliphatic rings. The minimum absolute atomic E-state index is 0.162. The van der Waals surface area contributed by atoms with Crippen LogP contribution in [0.25, 0.3) is 39.5 Å². The Morgan fingerprint density at radius 2 is 1.66 bits per heavy atom. The highest BCUT2D eigenvalue weighted by Crippen LogP contribution is 2.33. The van der Waals surface area contributed by atoms with Crippen LogP contribution in [-0.4, -0.2) is 74.6 Å². The Morgan fingerprint density at radius 3 is 2.44 bits per heavy atom. The van der Waals surface area contributed by atoms with Crippen LogP contribution in [0.2, 0.25) is 0 Å². The molecule has 2 amide bonds. The van der Waals surface area contributed by atoms with Crippen LogP contribution in [0.5, 0.6) is 0 Å². The predicted molar refractivity (Wildman–Crippen MR) is 161 cm³/mol. The van der Waals surface area contributed by atoms with Gasteiger partial charge in [0.15, 0.2) is 11.5 Å². The summed E-state index contributed by atoms with van der Waals surface area (Å²) in [7, 11) is 0. The van der Waals surface area contributed by atoms with Crippen LogP contribution in [0.15, 0.2) is 85.1 Å². The lowest BCUT2D eigenvalue weighted by molar-refractivity contribution is 0.155. The molecule has 5 heterocycles. The third-order valence-electron chi connectivity index (χ3n) is 8.12. The quantitative estimate of drug-likeness (QED) is 0.344. The number of carbonyl (C=O) groups is 1. The first kappa shape index (κ1) is 25.2. The molecular weight excluding hydrogens is 512 g/mol. The summed E-state index contributed by atoms with van der Waals surface area (Å²) in [6.45, 7) is 4.81. The van der Waals surface area contributed by atoms with Crippen LogP contribution in [0.1, 0.15) is 17.9 Å². The summed E-state index contributed by atoms with van der Waals surface area (Å²) in [5.74, 6) is 1.43. The number of aromatic nitrogens is 4. The fourth-order valence-electron chi connectivity index (χ4n) is 5.92. The van der Waals surface area contributed by atoms with E-state index in [0.717, 1.165) is 79.4 Å². The Morgan fingerprint density at radius 1 is 0.854 bits per heavy atom. The van der Waals surface area contributed by atoms with Gasteiger partial charge in [-0.05, 0) is 48.4 Å². The molecule has 2 aromatic carbocycles. The minimum Gasteiger partial charge on any atom is -0.383 e. The van der Waals surface area contributed by atoms with Gasteiger partial charge in [0.2, 0.25) is 0 Å². The molecule has 2 saturated heterocycles. The maximum absolute atomic E-state index is 13.0. The van der Waals surface area contributed by atoms with Gasteiger partial charge < -0.3 is 20.9 Å². The first-order valence-corrected chi connectivity index (χ1v) is 14.2. The standard InChI is InChI=1S/C32H32N8O/c33-29-26(7-4-15-35-29)30-37-28-13-12-27(23-5-2-1-3-6-23)36-31(28)40(30)25-10-8-22(9-11-25)24-14-18-39(21-24)32(41)38-19-16-34-17-20-38/h1-13,15,24,34H,14,16-21H2,(H2,33,35). The first-order chi connectivity index (χ1) is 20.2. The molecule has 2 aliphatic heterocycles. The van der Waals surface area contributed by atoms with E-state index in [9.17, 15) is 4.79 Å². The van der Waals surface area contributed by atoms with Crippen molar-refractivity contribution < 1.29 is 4.79 Å². The van der Waals surface area contributed by atoms with Gasteiger partial charge in [0.25, 0.3) is 0 Å². The van der Waals surface area contributed by atoms with Crippen LogP contribution in [0.3, 0.4) is 0 Å². The van der Waals surface area contributed by atoms with Crippen molar-refractivity contribution in [1.82, 2.24) is 34.6 Å². The van der Waals surface area contributed by atoms with Crippen LogP contribution in [-0.2, 0) is 0 Å². The normalized spacial score (nSPS) is 17.3. The molecule has 9 heteroatoms. The SMILES string of the molecule is Nc1ncccc1-c1nc2ccc(-c3ccccc3)nc2n1-c1ccc(C2CCN(C(=O)N3CCNCC3)C2)cc1. The van der Waals surface area contributed by atoms with Gasteiger partial charge in [-0.2, -0.15) is 0 Å². The largest absolute Gasteiger partial charge is 0.383 e. The lowest BCUT2D eigenvalue weighted by Gasteiger charge is -2.31. The number of hydrogen-bond donors (Lipinski definition) is 2. The van der Waals surface area contributed by atoms with Gasteiger partial charge in [-0.3, -0.25) is 4.57 Å². The molecule has 3 N–H and O–H groups in total. The number of nitrogens with zero attached hydrogens (tertiary/aromatic N) is 6. The summed E-state index contributed by atoms with van der Waals surface area (Å²) in [6.07, 6.45) is 2.65. The van der Waals surface area contributed by atoms with Gasteiger partial charge in [0.1, 0.15) is 11.3 Å². The Hall–Kier alpha value is -4.76. The van der Waals surface area contributed by atoms with E-state index in [2.05, 4.69) is 51.3 Å². The van der Waals surface area contributed by atoms with E-state index in [4.69, 9.17) is 15.7 Å². The highest BCUT2D eigenvalue weighted by Gasteiger charge is 2.30. The van der Waals surface area contributed by atoms with Crippen molar-refractivity contribution in [2.24, 2.45) is 0 Å². The van der Waals surface area contributed by atoms with Crippen LogP contribution >= 0.6 is 0 Å². The molecule has 0 radical (unpaired) electrons. The van der Waals surface area contributed by atoms with E-state index < -0.39 is 0 Å². The van der Waals surface area contributed by atoms with E-state index in [0.29, 0.717) is 17.6 Å². The van der Waals surface area contributed by atoms with Gasteiger partial charge in [0, 0.05) is 62.6 Å². The number of fused-ring (bicyclic) bond motifs is 1. The maximum Gasteiger partial charge on any atom is 0.320 e. The minimum atomic E-state index is 0.162. The number of piperazine rings is 1. The Labute approximate surface area is 238 Å². The van der Waals surface area contributed by atoms with Gasteiger partial charge in [-0.1, -0.05) is 42.5 Å². The number of pyridine rings is 2. The van der Waals surface area contributed by atoms with Crippen molar-refractivity contribution >= 4 is 23.0 Å². The zero-order chi connectivity index (χ0) is 27.8.